The van der Waals surface area contributed by atoms with Crippen molar-refractivity contribution in [3.63, 3.8) is 0 Å². The molecule has 6 heteroatoms. The van der Waals surface area contributed by atoms with Gasteiger partial charge in [0.2, 0.25) is 5.65 Å². The van der Waals surface area contributed by atoms with Gasteiger partial charge in [0.1, 0.15) is 6.33 Å². The van der Waals surface area contributed by atoms with Gasteiger partial charge in [-0.3, -0.25) is 4.90 Å². The molecule has 3 aromatic rings. The summed E-state index contributed by atoms with van der Waals surface area (Å²) in [7, 11) is 0. The summed E-state index contributed by atoms with van der Waals surface area (Å²) in [4.78, 5) is 2.57. The maximum absolute atomic E-state index is 4.39. The molecule has 1 fully saturated rings. The largest absolute Gasteiger partial charge is 0.382 e. The lowest BCUT2D eigenvalue weighted by Crippen LogP contribution is -2.37. The first kappa shape index (κ1) is 16.0. The highest BCUT2D eigenvalue weighted by atomic mass is 15.3. The SMILES string of the molecule is Cc1cc(NCC2CCCN(Cc3ccccc3)C2)c2nncn2n1. The Kier molecular flexibility index (Phi) is 4.61. The van der Waals surface area contributed by atoms with Crippen LogP contribution in [0.5, 0.6) is 0 Å². The quantitative estimate of drug-likeness (QED) is 0.776. The Morgan fingerprint density at radius 3 is 3.00 bits per heavy atom. The van der Waals surface area contributed by atoms with Crippen molar-refractivity contribution in [3.8, 4) is 0 Å². The first-order valence-corrected chi connectivity index (χ1v) is 8.96. The Hall–Kier alpha value is -2.47. The predicted octanol–water partition coefficient (Wildman–Crippen LogP) is 2.76. The Morgan fingerprint density at radius 2 is 2.12 bits per heavy atom. The second kappa shape index (κ2) is 7.19. The number of benzene rings is 1. The number of rotatable bonds is 5. The highest BCUT2D eigenvalue weighted by Crippen LogP contribution is 2.21. The van der Waals surface area contributed by atoms with Crippen LogP contribution in [0.2, 0.25) is 0 Å². The molecule has 2 aromatic heterocycles. The van der Waals surface area contributed by atoms with Crippen LogP contribution in [0.3, 0.4) is 0 Å². The van der Waals surface area contributed by atoms with Crippen LogP contribution in [0.25, 0.3) is 5.65 Å². The van der Waals surface area contributed by atoms with E-state index in [0.717, 1.165) is 36.7 Å². The minimum Gasteiger partial charge on any atom is -0.382 e. The summed E-state index contributed by atoms with van der Waals surface area (Å²) in [6.07, 6.45) is 4.18. The fourth-order valence-electron chi connectivity index (χ4n) is 3.64. The Bertz CT molecular complexity index is 828. The summed E-state index contributed by atoms with van der Waals surface area (Å²) in [5.74, 6) is 0.647. The van der Waals surface area contributed by atoms with Crippen LogP contribution in [0.4, 0.5) is 5.69 Å². The first-order chi connectivity index (χ1) is 12.3. The fraction of sp³-hybridized carbons (Fsp3) is 0.421. The highest BCUT2D eigenvalue weighted by Gasteiger charge is 2.20. The third-order valence-electron chi connectivity index (χ3n) is 4.82. The molecule has 0 amide bonds. The molecular weight excluding hydrogens is 312 g/mol. The molecular formula is C19H24N6. The standard InChI is InChI=1S/C19H24N6/c1-15-10-18(19-22-21-14-25(19)23-15)20-11-17-8-5-9-24(13-17)12-16-6-3-2-4-7-16/h2-4,6-7,10,14,17,20H,5,8-9,11-13H2,1H3. The maximum atomic E-state index is 4.39. The van der Waals surface area contributed by atoms with Gasteiger partial charge in [0, 0.05) is 19.6 Å². The predicted molar refractivity (Wildman–Crippen MR) is 98.5 cm³/mol. The van der Waals surface area contributed by atoms with Gasteiger partial charge in [0.15, 0.2) is 0 Å². The van der Waals surface area contributed by atoms with Crippen molar-refractivity contribution in [2.45, 2.75) is 26.3 Å². The average molecular weight is 336 g/mol. The van der Waals surface area contributed by atoms with Crippen LogP contribution < -0.4 is 5.32 Å². The van der Waals surface area contributed by atoms with E-state index in [-0.39, 0.29) is 0 Å². The van der Waals surface area contributed by atoms with E-state index in [4.69, 9.17) is 0 Å². The molecule has 130 valence electrons. The van der Waals surface area contributed by atoms with E-state index in [2.05, 4.69) is 61.9 Å². The van der Waals surface area contributed by atoms with Gasteiger partial charge in [-0.25, -0.2) is 0 Å². The van der Waals surface area contributed by atoms with Crippen LogP contribution in [-0.4, -0.2) is 44.3 Å². The van der Waals surface area contributed by atoms with Crippen LogP contribution in [0.15, 0.2) is 42.7 Å². The number of piperidine rings is 1. The van der Waals surface area contributed by atoms with E-state index in [1.807, 2.05) is 6.92 Å². The summed E-state index contributed by atoms with van der Waals surface area (Å²) in [6, 6.07) is 12.8. The normalized spacial score (nSPS) is 18.5. The van der Waals surface area contributed by atoms with Crippen molar-refractivity contribution >= 4 is 11.3 Å². The summed E-state index contributed by atoms with van der Waals surface area (Å²) in [5, 5.41) is 16.1. The minimum absolute atomic E-state index is 0.647. The maximum Gasteiger partial charge on any atom is 0.200 e. The van der Waals surface area contributed by atoms with Crippen LogP contribution >= 0.6 is 0 Å². The molecule has 1 saturated heterocycles. The summed E-state index contributed by atoms with van der Waals surface area (Å²) in [5.41, 5.74) is 4.17. The topological polar surface area (TPSA) is 58.3 Å². The number of nitrogens with one attached hydrogen (secondary N) is 1. The zero-order valence-electron chi connectivity index (χ0n) is 14.6. The third-order valence-corrected chi connectivity index (χ3v) is 4.82. The molecule has 1 aliphatic heterocycles. The third kappa shape index (κ3) is 3.79. The molecule has 0 radical (unpaired) electrons. The molecule has 0 saturated carbocycles. The molecule has 1 unspecified atom stereocenters. The molecule has 1 atom stereocenters. The van der Waals surface area contributed by atoms with Crippen molar-refractivity contribution in [2.24, 2.45) is 5.92 Å². The van der Waals surface area contributed by atoms with Crippen molar-refractivity contribution < 1.29 is 0 Å². The van der Waals surface area contributed by atoms with Gasteiger partial charge < -0.3 is 5.32 Å². The van der Waals surface area contributed by atoms with Crippen LogP contribution in [0, 0.1) is 12.8 Å². The molecule has 1 aromatic carbocycles. The van der Waals surface area contributed by atoms with E-state index in [1.54, 1.807) is 10.8 Å². The number of aryl methyl sites for hydroxylation is 1. The molecule has 0 spiro atoms. The van der Waals surface area contributed by atoms with Gasteiger partial charge in [0.25, 0.3) is 0 Å². The number of hydrogen-bond donors (Lipinski definition) is 1. The molecule has 1 aliphatic rings. The molecule has 1 N–H and O–H groups in total. The second-order valence-corrected chi connectivity index (χ2v) is 6.91. The number of nitrogens with zero attached hydrogens (tertiary/aromatic N) is 5. The van der Waals surface area contributed by atoms with Gasteiger partial charge in [-0.1, -0.05) is 30.3 Å². The monoisotopic (exact) mass is 336 g/mol. The number of hydrogen-bond acceptors (Lipinski definition) is 5. The summed E-state index contributed by atoms with van der Waals surface area (Å²) >= 11 is 0. The lowest BCUT2D eigenvalue weighted by atomic mass is 9.97. The zero-order valence-corrected chi connectivity index (χ0v) is 14.6. The van der Waals surface area contributed by atoms with Crippen molar-refractivity contribution in [1.82, 2.24) is 24.7 Å². The van der Waals surface area contributed by atoms with Crippen molar-refractivity contribution in [3.05, 3.63) is 54.0 Å². The number of fused-ring (bicyclic) bond motifs is 1. The van der Waals surface area contributed by atoms with Gasteiger partial charge >= 0.3 is 0 Å². The van der Waals surface area contributed by atoms with E-state index in [0.29, 0.717) is 5.92 Å². The zero-order chi connectivity index (χ0) is 17.1. The Morgan fingerprint density at radius 1 is 1.24 bits per heavy atom. The molecule has 0 bridgehead atoms. The fourth-order valence-corrected chi connectivity index (χ4v) is 3.64. The van der Waals surface area contributed by atoms with Crippen molar-refractivity contribution in [2.75, 3.05) is 25.0 Å². The van der Waals surface area contributed by atoms with Crippen LogP contribution in [0.1, 0.15) is 24.1 Å². The number of anilines is 1. The summed E-state index contributed by atoms with van der Waals surface area (Å²) < 4.78 is 1.74. The second-order valence-electron chi connectivity index (χ2n) is 6.91. The molecule has 6 nitrogen and oxygen atoms in total. The smallest absolute Gasteiger partial charge is 0.200 e. The molecule has 25 heavy (non-hydrogen) atoms. The van der Waals surface area contributed by atoms with E-state index in [9.17, 15) is 0 Å². The first-order valence-electron chi connectivity index (χ1n) is 8.96. The van der Waals surface area contributed by atoms with Gasteiger partial charge in [-0.05, 0) is 43.9 Å². The molecule has 0 aliphatic carbocycles. The van der Waals surface area contributed by atoms with Gasteiger partial charge in [0.05, 0.1) is 11.4 Å². The lowest BCUT2D eigenvalue weighted by Gasteiger charge is -2.33. The van der Waals surface area contributed by atoms with E-state index >= 15 is 0 Å². The minimum atomic E-state index is 0.647. The highest BCUT2D eigenvalue weighted by molar-refractivity contribution is 5.66. The van der Waals surface area contributed by atoms with E-state index in [1.165, 1.54) is 24.9 Å². The van der Waals surface area contributed by atoms with Crippen LogP contribution in [-0.2, 0) is 6.54 Å². The average Bonchev–Trinajstić information content (AvgIpc) is 3.09. The van der Waals surface area contributed by atoms with Crippen molar-refractivity contribution in [1.29, 1.82) is 0 Å². The summed E-state index contributed by atoms with van der Waals surface area (Å²) in [6.45, 7) is 6.31. The molecule has 3 heterocycles. The molecule has 4 rings (SSSR count). The number of aromatic nitrogens is 4. The van der Waals surface area contributed by atoms with E-state index < -0.39 is 0 Å². The lowest BCUT2D eigenvalue weighted by molar-refractivity contribution is 0.173. The Balaban J connectivity index is 1.38. The number of likely N-dealkylation sites (tertiary alicyclic amines) is 1. The van der Waals surface area contributed by atoms with Gasteiger partial charge in [-0.15, -0.1) is 10.2 Å². The Labute approximate surface area is 147 Å². The van der Waals surface area contributed by atoms with Gasteiger partial charge in [-0.2, -0.15) is 9.61 Å².